The Morgan fingerprint density at radius 2 is 2.41 bits per heavy atom. The molecule has 3 nitrogen and oxygen atoms in total. The molecule has 3 rings (SSSR count). The first-order valence-electron chi connectivity index (χ1n) is 6.69. The van der Waals surface area contributed by atoms with Crippen LogP contribution in [0.2, 0.25) is 0 Å². The molecule has 17 heavy (non-hydrogen) atoms. The molecule has 1 aromatic heterocycles. The number of fused-ring (bicyclic) bond motifs is 1. The van der Waals surface area contributed by atoms with Crippen molar-refractivity contribution in [1.29, 1.82) is 0 Å². The van der Waals surface area contributed by atoms with Crippen molar-refractivity contribution in [3.05, 3.63) is 17.7 Å². The molecule has 2 atom stereocenters. The molecule has 2 aliphatic rings. The highest BCUT2D eigenvalue weighted by Crippen LogP contribution is 2.26. The van der Waals surface area contributed by atoms with E-state index in [1.54, 1.807) is 0 Å². The van der Waals surface area contributed by atoms with Crippen molar-refractivity contribution >= 4 is 11.8 Å². The van der Waals surface area contributed by atoms with E-state index in [9.17, 15) is 0 Å². The maximum absolute atomic E-state index is 6.06. The second-order valence-corrected chi connectivity index (χ2v) is 6.51. The molecule has 1 saturated heterocycles. The number of rotatable bonds is 2. The van der Waals surface area contributed by atoms with E-state index in [-0.39, 0.29) is 0 Å². The number of aromatic nitrogens is 2. The van der Waals surface area contributed by atoms with Crippen molar-refractivity contribution in [3.63, 3.8) is 0 Å². The predicted octanol–water partition coefficient (Wildman–Crippen LogP) is 1.84. The predicted molar refractivity (Wildman–Crippen MR) is 72.3 cm³/mol. The Labute approximate surface area is 107 Å². The molecule has 3 heterocycles. The monoisotopic (exact) mass is 251 g/mol. The second-order valence-electron chi connectivity index (χ2n) is 5.36. The Morgan fingerprint density at radius 3 is 3.24 bits per heavy atom. The van der Waals surface area contributed by atoms with Gasteiger partial charge in [0, 0.05) is 30.9 Å². The van der Waals surface area contributed by atoms with E-state index in [1.165, 1.54) is 35.9 Å². The van der Waals surface area contributed by atoms with Gasteiger partial charge in [-0.1, -0.05) is 0 Å². The van der Waals surface area contributed by atoms with Crippen LogP contribution in [0.5, 0.6) is 0 Å². The fraction of sp³-hybridized carbons (Fsp3) is 0.769. The summed E-state index contributed by atoms with van der Waals surface area (Å²) in [7, 11) is 0. The van der Waals surface area contributed by atoms with E-state index >= 15 is 0 Å². The quantitative estimate of drug-likeness (QED) is 0.872. The maximum Gasteiger partial charge on any atom is 0.109 e. The lowest BCUT2D eigenvalue weighted by Crippen LogP contribution is -2.33. The standard InChI is InChI=1S/C13H21N3S/c14-11-3-4-12-7-15-13(16(12)8-11)6-10-2-1-5-17-9-10/h7,10-11H,1-6,8-9,14H2. The molecule has 0 amide bonds. The number of aryl methyl sites for hydroxylation is 1. The van der Waals surface area contributed by atoms with Gasteiger partial charge < -0.3 is 10.3 Å². The lowest BCUT2D eigenvalue weighted by atomic mass is 10.0. The number of nitrogens with two attached hydrogens (primary N) is 1. The summed E-state index contributed by atoms with van der Waals surface area (Å²) in [5, 5.41) is 0. The minimum atomic E-state index is 0.330. The van der Waals surface area contributed by atoms with Gasteiger partial charge in [0.15, 0.2) is 0 Å². The molecular formula is C13H21N3S. The molecule has 0 radical (unpaired) electrons. The summed E-state index contributed by atoms with van der Waals surface area (Å²) in [6, 6.07) is 0.330. The molecular weight excluding hydrogens is 230 g/mol. The van der Waals surface area contributed by atoms with Crippen LogP contribution in [-0.4, -0.2) is 27.1 Å². The average Bonchev–Trinajstić information content (AvgIpc) is 2.73. The van der Waals surface area contributed by atoms with Crippen LogP contribution in [-0.2, 0) is 19.4 Å². The Morgan fingerprint density at radius 1 is 1.47 bits per heavy atom. The Kier molecular flexibility index (Phi) is 3.43. The molecule has 4 heteroatoms. The van der Waals surface area contributed by atoms with Crippen LogP contribution in [0.15, 0.2) is 6.20 Å². The molecule has 0 aromatic carbocycles. The van der Waals surface area contributed by atoms with Gasteiger partial charge >= 0.3 is 0 Å². The first-order valence-corrected chi connectivity index (χ1v) is 7.85. The van der Waals surface area contributed by atoms with Crippen molar-refractivity contribution in [1.82, 2.24) is 9.55 Å². The minimum absolute atomic E-state index is 0.330. The summed E-state index contributed by atoms with van der Waals surface area (Å²) in [5.74, 6) is 4.77. The molecule has 0 saturated carbocycles. The number of thioether (sulfide) groups is 1. The van der Waals surface area contributed by atoms with Gasteiger partial charge in [0.1, 0.15) is 5.82 Å². The smallest absolute Gasteiger partial charge is 0.109 e. The molecule has 0 spiro atoms. The van der Waals surface area contributed by atoms with E-state index in [0.717, 1.165) is 31.7 Å². The highest BCUT2D eigenvalue weighted by molar-refractivity contribution is 7.99. The normalized spacial score (nSPS) is 29.0. The van der Waals surface area contributed by atoms with Crippen molar-refractivity contribution in [3.8, 4) is 0 Å². The van der Waals surface area contributed by atoms with E-state index in [2.05, 4.69) is 27.5 Å². The minimum Gasteiger partial charge on any atom is -0.330 e. The topological polar surface area (TPSA) is 43.8 Å². The van der Waals surface area contributed by atoms with E-state index in [0.29, 0.717) is 6.04 Å². The fourth-order valence-electron chi connectivity index (χ4n) is 2.92. The van der Waals surface area contributed by atoms with Gasteiger partial charge in [-0.2, -0.15) is 11.8 Å². The van der Waals surface area contributed by atoms with Crippen LogP contribution >= 0.6 is 11.8 Å². The van der Waals surface area contributed by atoms with Crippen LogP contribution in [0.25, 0.3) is 0 Å². The third-order valence-corrected chi connectivity index (χ3v) is 5.22. The summed E-state index contributed by atoms with van der Waals surface area (Å²) in [6.07, 6.45) is 8.19. The first kappa shape index (κ1) is 11.6. The van der Waals surface area contributed by atoms with Gasteiger partial charge in [-0.3, -0.25) is 0 Å². The van der Waals surface area contributed by atoms with Crippen LogP contribution in [0, 0.1) is 5.92 Å². The molecule has 0 bridgehead atoms. The molecule has 0 aliphatic carbocycles. The third-order valence-electron chi connectivity index (χ3n) is 3.94. The molecule has 2 N–H and O–H groups in total. The van der Waals surface area contributed by atoms with Crippen LogP contribution < -0.4 is 5.73 Å². The van der Waals surface area contributed by atoms with Crippen LogP contribution in [0.3, 0.4) is 0 Å². The number of hydrogen-bond donors (Lipinski definition) is 1. The second kappa shape index (κ2) is 5.02. The SMILES string of the molecule is NC1CCc2cnc(CC3CCCSC3)n2C1. The fourth-order valence-corrected chi connectivity index (χ4v) is 4.08. The summed E-state index contributed by atoms with van der Waals surface area (Å²) in [6.45, 7) is 0.977. The molecule has 2 aliphatic heterocycles. The Balaban J connectivity index is 1.72. The van der Waals surface area contributed by atoms with Gasteiger partial charge in [0.05, 0.1) is 0 Å². The zero-order valence-electron chi connectivity index (χ0n) is 10.3. The summed E-state index contributed by atoms with van der Waals surface area (Å²) in [4.78, 5) is 4.62. The van der Waals surface area contributed by atoms with Gasteiger partial charge in [0.2, 0.25) is 0 Å². The number of hydrogen-bond acceptors (Lipinski definition) is 3. The van der Waals surface area contributed by atoms with Gasteiger partial charge in [-0.05, 0) is 43.1 Å². The molecule has 1 aromatic rings. The lowest BCUT2D eigenvalue weighted by molar-refractivity contribution is 0.429. The van der Waals surface area contributed by atoms with Crippen molar-refractivity contribution in [2.45, 2.75) is 44.7 Å². The molecule has 1 fully saturated rings. The van der Waals surface area contributed by atoms with Crippen molar-refractivity contribution in [2.75, 3.05) is 11.5 Å². The van der Waals surface area contributed by atoms with Gasteiger partial charge in [0.25, 0.3) is 0 Å². The average molecular weight is 251 g/mol. The lowest BCUT2D eigenvalue weighted by Gasteiger charge is -2.25. The zero-order valence-corrected chi connectivity index (χ0v) is 11.1. The van der Waals surface area contributed by atoms with Crippen LogP contribution in [0.1, 0.15) is 30.8 Å². The number of nitrogens with zero attached hydrogens (tertiary/aromatic N) is 2. The molecule has 94 valence electrons. The summed E-state index contributed by atoms with van der Waals surface area (Å²) in [5.41, 5.74) is 7.45. The zero-order chi connectivity index (χ0) is 11.7. The molecule has 2 unspecified atom stereocenters. The summed E-state index contributed by atoms with van der Waals surface area (Å²) >= 11 is 2.10. The van der Waals surface area contributed by atoms with E-state index in [1.807, 2.05) is 0 Å². The van der Waals surface area contributed by atoms with Crippen molar-refractivity contribution < 1.29 is 0 Å². The first-order chi connectivity index (χ1) is 8.33. The summed E-state index contributed by atoms with van der Waals surface area (Å²) < 4.78 is 2.38. The van der Waals surface area contributed by atoms with Gasteiger partial charge in [-0.15, -0.1) is 0 Å². The van der Waals surface area contributed by atoms with E-state index in [4.69, 9.17) is 5.73 Å². The van der Waals surface area contributed by atoms with Crippen LogP contribution in [0.4, 0.5) is 0 Å². The van der Waals surface area contributed by atoms with E-state index < -0.39 is 0 Å². The van der Waals surface area contributed by atoms with Gasteiger partial charge in [-0.25, -0.2) is 4.98 Å². The Bertz CT molecular complexity index is 382. The largest absolute Gasteiger partial charge is 0.330 e. The highest BCUT2D eigenvalue weighted by Gasteiger charge is 2.22. The number of imidazole rings is 1. The third kappa shape index (κ3) is 2.52. The maximum atomic E-state index is 6.06. The highest BCUT2D eigenvalue weighted by atomic mass is 32.2. The van der Waals surface area contributed by atoms with Crippen molar-refractivity contribution in [2.24, 2.45) is 11.7 Å². The Hall–Kier alpha value is -0.480.